The molecule has 2 aromatic rings. The molecule has 2 aliphatic rings. The Bertz CT molecular complexity index is 1130. The zero-order chi connectivity index (χ0) is 23.4. The quantitative estimate of drug-likeness (QED) is 0.302. The standard InChI is InChI=1S/C22H20N4O7/c27-20(24-8-10-32-11-9-24)14-33-19-7-6-17(26(30)31)12-15(19)13-18-21(28)23-25(22(18)29)16-4-2-1-3-5-16/h1-7,12-13H,8-11,14H2,(H,23,28)/b18-13-. The third kappa shape index (κ3) is 4.83. The first kappa shape index (κ1) is 22.0. The number of carbonyl (C=O) groups excluding carboxylic acids is 3. The van der Waals surface area contributed by atoms with Gasteiger partial charge in [-0.15, -0.1) is 0 Å². The summed E-state index contributed by atoms with van der Waals surface area (Å²) < 4.78 is 10.8. The summed E-state index contributed by atoms with van der Waals surface area (Å²) in [6.07, 6.45) is 1.22. The van der Waals surface area contributed by atoms with E-state index in [1.807, 2.05) is 0 Å². The number of ether oxygens (including phenoxy) is 2. The Balaban J connectivity index is 1.60. The van der Waals surface area contributed by atoms with E-state index < -0.39 is 16.7 Å². The number of hydrazine groups is 1. The van der Waals surface area contributed by atoms with Crippen molar-refractivity contribution in [2.45, 2.75) is 0 Å². The minimum absolute atomic E-state index is 0.132. The van der Waals surface area contributed by atoms with Gasteiger partial charge in [-0.05, 0) is 24.3 Å². The van der Waals surface area contributed by atoms with E-state index in [2.05, 4.69) is 5.43 Å². The van der Waals surface area contributed by atoms with Crippen molar-refractivity contribution in [2.24, 2.45) is 0 Å². The zero-order valence-electron chi connectivity index (χ0n) is 17.4. The molecular weight excluding hydrogens is 432 g/mol. The van der Waals surface area contributed by atoms with Crippen molar-refractivity contribution < 1.29 is 28.8 Å². The fourth-order valence-electron chi connectivity index (χ4n) is 3.41. The molecule has 0 aromatic heterocycles. The van der Waals surface area contributed by atoms with Crippen LogP contribution in [-0.2, 0) is 19.1 Å². The first-order valence-electron chi connectivity index (χ1n) is 10.1. The van der Waals surface area contributed by atoms with Crippen LogP contribution in [0, 0.1) is 10.1 Å². The van der Waals surface area contributed by atoms with Crippen LogP contribution in [0.2, 0.25) is 0 Å². The maximum absolute atomic E-state index is 12.9. The lowest BCUT2D eigenvalue weighted by Gasteiger charge is -2.26. The van der Waals surface area contributed by atoms with Gasteiger partial charge < -0.3 is 14.4 Å². The molecule has 3 amide bonds. The van der Waals surface area contributed by atoms with E-state index in [0.717, 1.165) is 5.01 Å². The van der Waals surface area contributed by atoms with E-state index in [1.54, 1.807) is 35.2 Å². The van der Waals surface area contributed by atoms with Crippen LogP contribution in [0.5, 0.6) is 5.75 Å². The highest BCUT2D eigenvalue weighted by molar-refractivity contribution is 6.31. The van der Waals surface area contributed by atoms with Gasteiger partial charge in [0.1, 0.15) is 11.3 Å². The van der Waals surface area contributed by atoms with Crippen LogP contribution in [0.25, 0.3) is 6.08 Å². The number of amides is 3. The molecule has 0 unspecified atom stereocenters. The highest BCUT2D eigenvalue weighted by Crippen LogP contribution is 2.29. The van der Waals surface area contributed by atoms with Crippen LogP contribution in [0.15, 0.2) is 54.1 Å². The Kier molecular flexibility index (Phi) is 6.31. The normalized spacial score (nSPS) is 17.3. The maximum atomic E-state index is 12.9. The molecule has 2 fully saturated rings. The van der Waals surface area contributed by atoms with Crippen LogP contribution in [-0.4, -0.2) is 60.5 Å². The van der Waals surface area contributed by atoms with Gasteiger partial charge in [0, 0.05) is 30.8 Å². The molecule has 2 aliphatic heterocycles. The Morgan fingerprint density at radius 2 is 1.88 bits per heavy atom. The van der Waals surface area contributed by atoms with Crippen LogP contribution >= 0.6 is 0 Å². The summed E-state index contributed by atoms with van der Waals surface area (Å²) in [5.41, 5.74) is 2.60. The number of nitro groups is 1. The highest BCUT2D eigenvalue weighted by Gasteiger charge is 2.34. The van der Waals surface area contributed by atoms with Crippen LogP contribution in [0.1, 0.15) is 5.56 Å². The summed E-state index contributed by atoms with van der Waals surface area (Å²) in [7, 11) is 0. The largest absolute Gasteiger partial charge is 0.483 e. The number of hydrogen-bond acceptors (Lipinski definition) is 7. The van der Waals surface area contributed by atoms with Gasteiger partial charge in [0.25, 0.3) is 23.4 Å². The summed E-state index contributed by atoms with van der Waals surface area (Å²) in [5, 5.41) is 12.3. The van der Waals surface area contributed by atoms with E-state index in [9.17, 15) is 24.5 Å². The van der Waals surface area contributed by atoms with Crippen LogP contribution < -0.4 is 15.2 Å². The van der Waals surface area contributed by atoms with Crippen molar-refractivity contribution in [2.75, 3.05) is 37.9 Å². The van der Waals surface area contributed by atoms with Crippen molar-refractivity contribution in [1.29, 1.82) is 0 Å². The van der Waals surface area contributed by atoms with E-state index in [-0.39, 0.29) is 35.1 Å². The molecule has 0 atom stereocenters. The first-order chi connectivity index (χ1) is 15.9. The average Bonchev–Trinajstić information content (AvgIpc) is 3.12. The number of morpholine rings is 1. The van der Waals surface area contributed by atoms with Crippen LogP contribution in [0.3, 0.4) is 0 Å². The Hall–Kier alpha value is -4.25. The predicted molar refractivity (Wildman–Crippen MR) is 116 cm³/mol. The second-order valence-corrected chi connectivity index (χ2v) is 7.24. The SMILES string of the molecule is O=C1NN(c2ccccc2)C(=O)/C1=C\c1cc([N+](=O)[O-])ccc1OCC(=O)N1CCOCC1. The summed E-state index contributed by atoms with van der Waals surface area (Å²) in [6, 6.07) is 12.3. The highest BCUT2D eigenvalue weighted by atomic mass is 16.6. The van der Waals surface area contributed by atoms with Crippen molar-refractivity contribution in [3.63, 3.8) is 0 Å². The van der Waals surface area contributed by atoms with Crippen molar-refractivity contribution >= 4 is 35.2 Å². The Morgan fingerprint density at radius 1 is 1.15 bits per heavy atom. The van der Waals surface area contributed by atoms with Gasteiger partial charge in [-0.1, -0.05) is 18.2 Å². The van der Waals surface area contributed by atoms with Gasteiger partial charge in [0.05, 0.1) is 23.8 Å². The third-order valence-electron chi connectivity index (χ3n) is 5.12. The van der Waals surface area contributed by atoms with Gasteiger partial charge >= 0.3 is 0 Å². The number of nitro benzene ring substituents is 1. The predicted octanol–water partition coefficient (Wildman–Crippen LogP) is 1.29. The van der Waals surface area contributed by atoms with E-state index in [1.165, 1.54) is 24.3 Å². The number of nitrogens with zero attached hydrogens (tertiary/aromatic N) is 3. The lowest BCUT2D eigenvalue weighted by Crippen LogP contribution is -2.43. The van der Waals surface area contributed by atoms with E-state index >= 15 is 0 Å². The number of rotatable bonds is 6. The summed E-state index contributed by atoms with van der Waals surface area (Å²) in [6.45, 7) is 1.47. The molecule has 0 radical (unpaired) electrons. The molecule has 33 heavy (non-hydrogen) atoms. The minimum Gasteiger partial charge on any atom is -0.483 e. The fourth-order valence-corrected chi connectivity index (χ4v) is 3.41. The van der Waals surface area contributed by atoms with E-state index in [4.69, 9.17) is 9.47 Å². The van der Waals surface area contributed by atoms with Crippen molar-refractivity contribution in [3.8, 4) is 5.75 Å². The summed E-state index contributed by atoms with van der Waals surface area (Å²) in [5.74, 6) is -1.41. The van der Waals surface area contributed by atoms with Crippen LogP contribution in [0.4, 0.5) is 11.4 Å². The molecule has 4 rings (SSSR count). The topological polar surface area (TPSA) is 131 Å². The zero-order valence-corrected chi connectivity index (χ0v) is 17.4. The molecule has 170 valence electrons. The molecule has 0 spiro atoms. The number of para-hydroxylation sites is 1. The third-order valence-corrected chi connectivity index (χ3v) is 5.12. The lowest BCUT2D eigenvalue weighted by atomic mass is 10.1. The molecule has 11 nitrogen and oxygen atoms in total. The molecule has 11 heteroatoms. The average molecular weight is 452 g/mol. The molecule has 2 aromatic carbocycles. The van der Waals surface area contributed by atoms with Gasteiger partial charge in [0.15, 0.2) is 6.61 Å². The number of hydrogen-bond donors (Lipinski definition) is 1. The number of non-ortho nitro benzene ring substituents is 1. The summed E-state index contributed by atoms with van der Waals surface area (Å²) in [4.78, 5) is 50.0. The lowest BCUT2D eigenvalue weighted by molar-refractivity contribution is -0.384. The summed E-state index contributed by atoms with van der Waals surface area (Å²) >= 11 is 0. The number of carbonyl (C=O) groups is 3. The van der Waals surface area contributed by atoms with Crippen molar-refractivity contribution in [3.05, 3.63) is 69.8 Å². The van der Waals surface area contributed by atoms with Gasteiger partial charge in [-0.3, -0.25) is 29.9 Å². The second kappa shape index (κ2) is 9.49. The molecule has 0 saturated carbocycles. The first-order valence-corrected chi connectivity index (χ1v) is 10.1. The fraction of sp³-hybridized carbons (Fsp3) is 0.227. The molecule has 1 N–H and O–H groups in total. The molecule has 0 aliphatic carbocycles. The monoisotopic (exact) mass is 452 g/mol. The molecular formula is C22H20N4O7. The number of anilines is 1. The molecule has 2 saturated heterocycles. The minimum atomic E-state index is -0.661. The maximum Gasteiger partial charge on any atom is 0.282 e. The molecule has 2 heterocycles. The Labute approximate surface area is 188 Å². The molecule has 0 bridgehead atoms. The van der Waals surface area contributed by atoms with Gasteiger partial charge in [0.2, 0.25) is 0 Å². The second-order valence-electron chi connectivity index (χ2n) is 7.24. The Morgan fingerprint density at radius 3 is 2.58 bits per heavy atom. The van der Waals surface area contributed by atoms with Crippen molar-refractivity contribution in [1.82, 2.24) is 10.3 Å². The van der Waals surface area contributed by atoms with Gasteiger partial charge in [-0.25, -0.2) is 5.01 Å². The van der Waals surface area contributed by atoms with Gasteiger partial charge in [-0.2, -0.15) is 0 Å². The number of benzene rings is 2. The number of nitrogens with one attached hydrogen (secondary N) is 1. The van der Waals surface area contributed by atoms with E-state index in [0.29, 0.717) is 32.0 Å². The smallest absolute Gasteiger partial charge is 0.282 e.